The van der Waals surface area contributed by atoms with E-state index in [2.05, 4.69) is 48.5 Å². The maximum absolute atomic E-state index is 5.38. The molecule has 0 aliphatic rings. The summed E-state index contributed by atoms with van der Waals surface area (Å²) in [7, 11) is 2.14. The molecule has 0 unspecified atom stereocenters. The summed E-state index contributed by atoms with van der Waals surface area (Å²) in [6, 6.07) is 8.98. The van der Waals surface area contributed by atoms with E-state index in [4.69, 9.17) is 4.74 Å². The zero-order valence-corrected chi connectivity index (χ0v) is 13.3. The van der Waals surface area contributed by atoms with Gasteiger partial charge < -0.3 is 10.1 Å². The first-order valence-corrected chi connectivity index (χ1v) is 7.81. The van der Waals surface area contributed by atoms with Gasteiger partial charge in [0.15, 0.2) is 0 Å². The second kappa shape index (κ2) is 10.8. The highest BCUT2D eigenvalue weighted by atomic mass is 16.5. The van der Waals surface area contributed by atoms with E-state index < -0.39 is 0 Å². The third-order valence-corrected chi connectivity index (χ3v) is 3.31. The van der Waals surface area contributed by atoms with E-state index in [-0.39, 0.29) is 0 Å². The fourth-order valence-corrected chi connectivity index (χ4v) is 2.10. The number of rotatable bonds is 11. The van der Waals surface area contributed by atoms with Gasteiger partial charge in [0.05, 0.1) is 6.61 Å². The molecular weight excluding hydrogens is 248 g/mol. The molecule has 0 aromatic heterocycles. The molecule has 3 heteroatoms. The minimum atomic E-state index is 0.800. The highest BCUT2D eigenvalue weighted by Crippen LogP contribution is 2.07. The lowest BCUT2D eigenvalue weighted by atomic mass is 10.1. The van der Waals surface area contributed by atoms with Gasteiger partial charge in [0.1, 0.15) is 0 Å². The van der Waals surface area contributed by atoms with Gasteiger partial charge in [-0.15, -0.1) is 0 Å². The van der Waals surface area contributed by atoms with Gasteiger partial charge in [-0.25, -0.2) is 0 Å². The van der Waals surface area contributed by atoms with Crippen LogP contribution in [0, 0.1) is 0 Å². The summed E-state index contributed by atoms with van der Waals surface area (Å²) in [4.78, 5) is 2.30. The number of benzene rings is 1. The Morgan fingerprint density at radius 3 is 2.40 bits per heavy atom. The van der Waals surface area contributed by atoms with Crippen LogP contribution in [0.5, 0.6) is 0 Å². The van der Waals surface area contributed by atoms with Crippen LogP contribution in [0.15, 0.2) is 24.3 Å². The zero-order chi connectivity index (χ0) is 14.6. The molecule has 0 bridgehead atoms. The summed E-state index contributed by atoms with van der Waals surface area (Å²) < 4.78 is 5.38. The molecule has 0 spiro atoms. The van der Waals surface area contributed by atoms with Crippen LogP contribution in [-0.2, 0) is 17.7 Å². The highest BCUT2D eigenvalue weighted by molar-refractivity contribution is 5.22. The Hall–Kier alpha value is -0.900. The second-order valence-electron chi connectivity index (χ2n) is 5.25. The van der Waals surface area contributed by atoms with Gasteiger partial charge in [-0.1, -0.05) is 31.2 Å². The Bertz CT molecular complexity index is 337. The Morgan fingerprint density at radius 1 is 1.05 bits per heavy atom. The number of nitrogens with zero attached hydrogens (tertiary/aromatic N) is 1. The maximum Gasteiger partial charge on any atom is 0.0593 e. The topological polar surface area (TPSA) is 24.5 Å². The van der Waals surface area contributed by atoms with Crippen LogP contribution in [0.2, 0.25) is 0 Å². The van der Waals surface area contributed by atoms with Crippen LogP contribution in [0.1, 0.15) is 31.4 Å². The van der Waals surface area contributed by atoms with E-state index in [1.165, 1.54) is 17.5 Å². The van der Waals surface area contributed by atoms with E-state index in [9.17, 15) is 0 Å². The lowest BCUT2D eigenvalue weighted by Gasteiger charge is -2.16. The molecule has 114 valence electrons. The van der Waals surface area contributed by atoms with Crippen molar-refractivity contribution in [3.05, 3.63) is 35.4 Å². The van der Waals surface area contributed by atoms with Crippen molar-refractivity contribution < 1.29 is 4.74 Å². The van der Waals surface area contributed by atoms with Gasteiger partial charge in [-0.2, -0.15) is 0 Å². The van der Waals surface area contributed by atoms with E-state index in [1.807, 2.05) is 6.92 Å². The summed E-state index contributed by atoms with van der Waals surface area (Å²) in [6.45, 7) is 10.0. The molecule has 1 rings (SSSR count). The number of ether oxygens (including phenoxy) is 1. The van der Waals surface area contributed by atoms with Crippen molar-refractivity contribution in [2.24, 2.45) is 0 Å². The van der Waals surface area contributed by atoms with E-state index in [0.717, 1.165) is 45.8 Å². The predicted molar refractivity (Wildman–Crippen MR) is 86.1 cm³/mol. The lowest BCUT2D eigenvalue weighted by Crippen LogP contribution is -2.22. The third kappa shape index (κ3) is 7.63. The standard InChI is InChI=1S/C17H30N2O/c1-4-11-18-12-10-16-6-8-17(9-7-16)15-19(3)13-14-20-5-2/h6-9,18H,4-5,10-15H2,1-3H3. The second-order valence-corrected chi connectivity index (χ2v) is 5.25. The fourth-order valence-electron chi connectivity index (χ4n) is 2.10. The number of hydrogen-bond acceptors (Lipinski definition) is 3. The van der Waals surface area contributed by atoms with E-state index >= 15 is 0 Å². The molecule has 0 aliphatic carbocycles. The van der Waals surface area contributed by atoms with Crippen molar-refractivity contribution >= 4 is 0 Å². The highest BCUT2D eigenvalue weighted by Gasteiger charge is 2.00. The molecule has 0 amide bonds. The molecule has 1 N–H and O–H groups in total. The molecule has 0 radical (unpaired) electrons. The number of likely N-dealkylation sites (N-methyl/N-ethyl adjacent to an activating group) is 1. The van der Waals surface area contributed by atoms with Crippen molar-refractivity contribution in [3.63, 3.8) is 0 Å². The van der Waals surface area contributed by atoms with Crippen LogP contribution in [0.25, 0.3) is 0 Å². The van der Waals surface area contributed by atoms with Gasteiger partial charge in [0.25, 0.3) is 0 Å². The van der Waals surface area contributed by atoms with Crippen LogP contribution in [0.4, 0.5) is 0 Å². The smallest absolute Gasteiger partial charge is 0.0593 e. The van der Waals surface area contributed by atoms with Crippen molar-refractivity contribution in [1.29, 1.82) is 0 Å². The molecule has 0 aliphatic heterocycles. The minimum absolute atomic E-state index is 0.800. The molecule has 0 fully saturated rings. The average Bonchev–Trinajstić information content (AvgIpc) is 2.46. The third-order valence-electron chi connectivity index (χ3n) is 3.31. The summed E-state index contributed by atoms with van der Waals surface area (Å²) >= 11 is 0. The first-order chi connectivity index (χ1) is 9.76. The van der Waals surface area contributed by atoms with Crippen LogP contribution < -0.4 is 5.32 Å². The Balaban J connectivity index is 2.27. The summed E-state index contributed by atoms with van der Waals surface area (Å²) in [5.41, 5.74) is 2.78. The largest absolute Gasteiger partial charge is 0.380 e. The van der Waals surface area contributed by atoms with Gasteiger partial charge in [0.2, 0.25) is 0 Å². The molecular formula is C17H30N2O. The summed E-state index contributed by atoms with van der Waals surface area (Å²) in [5.74, 6) is 0. The van der Waals surface area contributed by atoms with E-state index in [1.54, 1.807) is 0 Å². The van der Waals surface area contributed by atoms with Gasteiger partial charge in [0, 0.05) is 19.7 Å². The van der Waals surface area contributed by atoms with Crippen molar-refractivity contribution in [1.82, 2.24) is 10.2 Å². The van der Waals surface area contributed by atoms with Crippen molar-refractivity contribution in [2.45, 2.75) is 33.2 Å². The lowest BCUT2D eigenvalue weighted by molar-refractivity contribution is 0.120. The normalized spacial score (nSPS) is 11.2. The minimum Gasteiger partial charge on any atom is -0.380 e. The fraction of sp³-hybridized carbons (Fsp3) is 0.647. The molecule has 0 atom stereocenters. The zero-order valence-electron chi connectivity index (χ0n) is 13.3. The Labute approximate surface area is 124 Å². The molecule has 1 aromatic carbocycles. The molecule has 3 nitrogen and oxygen atoms in total. The molecule has 0 saturated carbocycles. The average molecular weight is 278 g/mol. The molecule has 1 aromatic rings. The van der Waals surface area contributed by atoms with Crippen LogP contribution in [-0.4, -0.2) is 44.8 Å². The number of nitrogens with one attached hydrogen (secondary N) is 1. The van der Waals surface area contributed by atoms with E-state index in [0.29, 0.717) is 0 Å². The maximum atomic E-state index is 5.38. The monoisotopic (exact) mass is 278 g/mol. The van der Waals surface area contributed by atoms with Crippen molar-refractivity contribution in [2.75, 3.05) is 39.9 Å². The first kappa shape index (κ1) is 17.2. The Kier molecular flexibility index (Phi) is 9.29. The summed E-state index contributed by atoms with van der Waals surface area (Å²) in [5, 5.41) is 3.44. The Morgan fingerprint density at radius 2 is 1.75 bits per heavy atom. The number of hydrogen-bond donors (Lipinski definition) is 1. The predicted octanol–water partition coefficient (Wildman–Crippen LogP) is 2.70. The van der Waals surface area contributed by atoms with Gasteiger partial charge >= 0.3 is 0 Å². The quantitative estimate of drug-likeness (QED) is 0.630. The van der Waals surface area contributed by atoms with Crippen molar-refractivity contribution in [3.8, 4) is 0 Å². The SMILES string of the molecule is CCCNCCc1ccc(CN(C)CCOCC)cc1. The molecule has 0 heterocycles. The molecule has 0 saturated heterocycles. The van der Waals surface area contributed by atoms with Crippen LogP contribution in [0.3, 0.4) is 0 Å². The van der Waals surface area contributed by atoms with Gasteiger partial charge in [-0.05, 0) is 51.0 Å². The van der Waals surface area contributed by atoms with Crippen LogP contribution >= 0.6 is 0 Å². The molecule has 20 heavy (non-hydrogen) atoms. The summed E-state index contributed by atoms with van der Waals surface area (Å²) in [6.07, 6.45) is 2.31. The first-order valence-electron chi connectivity index (χ1n) is 7.81. The van der Waals surface area contributed by atoms with Gasteiger partial charge in [-0.3, -0.25) is 4.90 Å².